The van der Waals surface area contributed by atoms with Crippen LogP contribution in [-0.2, 0) is 13.7 Å². The lowest BCUT2D eigenvalue weighted by Gasteiger charge is -2.18. The lowest BCUT2D eigenvalue weighted by atomic mass is 10.1. The summed E-state index contributed by atoms with van der Waals surface area (Å²) in [6.07, 6.45) is -4.91. The fraction of sp³-hybridized carbons (Fsp3) is 0.316. The van der Waals surface area contributed by atoms with E-state index < -0.39 is 17.8 Å². The Kier molecular flexibility index (Phi) is 5.36. The molecule has 0 spiro atoms. The highest BCUT2D eigenvalue weighted by Crippen LogP contribution is 2.32. The predicted octanol–water partition coefficient (Wildman–Crippen LogP) is 3.37. The molecule has 0 fully saturated rings. The van der Waals surface area contributed by atoms with Crippen molar-refractivity contribution in [3.63, 3.8) is 0 Å². The minimum absolute atomic E-state index is 0.0186. The fourth-order valence-corrected chi connectivity index (χ4v) is 2.82. The van der Waals surface area contributed by atoms with Gasteiger partial charge in [-0.3, -0.25) is 0 Å². The first-order valence-corrected chi connectivity index (χ1v) is 8.64. The van der Waals surface area contributed by atoms with Crippen molar-refractivity contribution < 1.29 is 22.6 Å². The second kappa shape index (κ2) is 7.61. The number of alkyl halides is 3. The predicted molar refractivity (Wildman–Crippen MR) is 98.3 cm³/mol. The zero-order chi connectivity index (χ0) is 21.3. The third kappa shape index (κ3) is 4.41. The van der Waals surface area contributed by atoms with Gasteiger partial charge in [-0.1, -0.05) is 12.1 Å². The second-order valence-corrected chi connectivity index (χ2v) is 6.59. The van der Waals surface area contributed by atoms with Crippen LogP contribution in [0.4, 0.5) is 13.2 Å². The van der Waals surface area contributed by atoms with Crippen LogP contribution in [0.3, 0.4) is 0 Å². The topological polar surface area (TPSA) is 71.2 Å². The maximum atomic E-state index is 12.9. The number of aromatic nitrogens is 4. The van der Waals surface area contributed by atoms with Gasteiger partial charge in [-0.25, -0.2) is 4.79 Å². The van der Waals surface area contributed by atoms with Gasteiger partial charge in [0.15, 0.2) is 0 Å². The molecule has 0 unspecified atom stereocenters. The Balaban J connectivity index is 2.06. The molecule has 0 N–H and O–H groups in total. The molecule has 29 heavy (non-hydrogen) atoms. The van der Waals surface area contributed by atoms with Gasteiger partial charge in [0.25, 0.3) is 0 Å². The molecule has 0 aliphatic heterocycles. The van der Waals surface area contributed by atoms with Crippen LogP contribution in [0.5, 0.6) is 11.5 Å². The van der Waals surface area contributed by atoms with Gasteiger partial charge in [0.2, 0.25) is 0 Å². The minimum atomic E-state index is -4.91. The zero-order valence-corrected chi connectivity index (χ0v) is 16.2. The summed E-state index contributed by atoms with van der Waals surface area (Å²) < 4.78 is 50.5. The highest BCUT2D eigenvalue weighted by molar-refractivity contribution is 5.49. The Morgan fingerprint density at radius 1 is 1.00 bits per heavy atom. The molecule has 0 radical (unpaired) electrons. The van der Waals surface area contributed by atoms with Gasteiger partial charge in [0.05, 0.1) is 11.3 Å². The van der Waals surface area contributed by atoms with Crippen LogP contribution in [0.25, 0.3) is 5.69 Å². The Morgan fingerprint density at radius 2 is 1.69 bits per heavy atom. The molecule has 10 heteroatoms. The minimum Gasteiger partial charge on any atom is -0.488 e. The van der Waals surface area contributed by atoms with E-state index in [-0.39, 0.29) is 17.9 Å². The van der Waals surface area contributed by atoms with E-state index in [9.17, 15) is 18.0 Å². The van der Waals surface area contributed by atoms with Gasteiger partial charge < -0.3 is 9.47 Å². The Labute approximate surface area is 164 Å². The molecule has 1 heterocycles. The molecule has 0 saturated heterocycles. The first-order valence-electron chi connectivity index (χ1n) is 8.64. The van der Waals surface area contributed by atoms with Gasteiger partial charge in [0.1, 0.15) is 18.1 Å². The van der Waals surface area contributed by atoms with E-state index in [1.165, 1.54) is 19.2 Å². The maximum Gasteiger partial charge on any atom is 0.573 e. The quantitative estimate of drug-likeness (QED) is 0.647. The largest absolute Gasteiger partial charge is 0.573 e. The lowest BCUT2D eigenvalue weighted by Crippen LogP contribution is -2.24. The molecule has 0 amide bonds. The molecule has 0 bridgehead atoms. The Hall–Kier alpha value is -3.30. The van der Waals surface area contributed by atoms with Crippen molar-refractivity contribution in [2.24, 2.45) is 7.05 Å². The molecular formula is C19H19F3N4O3. The summed E-state index contributed by atoms with van der Waals surface area (Å²) in [4.78, 5) is 12.2. The standard InChI is InChI=1S/C19H19F3N4O3/c1-11-8-13(3)17(9-12(11)2)28-10-14-15(26-18(27)25(4)23-24-26)6-5-7-16(14)29-19(20,21)22/h5-9H,10H2,1-4H3. The van der Waals surface area contributed by atoms with Crippen LogP contribution < -0.4 is 15.2 Å². The van der Waals surface area contributed by atoms with E-state index in [0.717, 1.165) is 32.1 Å². The van der Waals surface area contributed by atoms with E-state index in [1.54, 1.807) is 0 Å². The number of halogens is 3. The molecule has 1 aromatic heterocycles. The van der Waals surface area contributed by atoms with Crippen LogP contribution in [0.2, 0.25) is 0 Å². The number of rotatable bonds is 5. The van der Waals surface area contributed by atoms with E-state index in [2.05, 4.69) is 15.2 Å². The summed E-state index contributed by atoms with van der Waals surface area (Å²) in [5, 5.41) is 7.31. The molecule has 3 aromatic rings. The summed E-state index contributed by atoms with van der Waals surface area (Å²) >= 11 is 0. The van der Waals surface area contributed by atoms with Crippen molar-refractivity contribution in [3.05, 3.63) is 63.1 Å². The van der Waals surface area contributed by atoms with Crippen LogP contribution in [0.1, 0.15) is 22.3 Å². The molecule has 2 aromatic carbocycles. The lowest BCUT2D eigenvalue weighted by molar-refractivity contribution is -0.275. The van der Waals surface area contributed by atoms with Gasteiger partial charge in [-0.2, -0.15) is 9.36 Å². The van der Waals surface area contributed by atoms with Crippen molar-refractivity contribution in [3.8, 4) is 17.2 Å². The summed E-state index contributed by atoms with van der Waals surface area (Å²) in [5.74, 6) is 0.0430. The van der Waals surface area contributed by atoms with Crippen LogP contribution >= 0.6 is 0 Å². The van der Waals surface area contributed by atoms with E-state index in [1.807, 2.05) is 32.9 Å². The monoisotopic (exact) mass is 408 g/mol. The van der Waals surface area contributed by atoms with Crippen molar-refractivity contribution in [2.75, 3.05) is 0 Å². The second-order valence-electron chi connectivity index (χ2n) is 6.59. The number of tetrazole rings is 1. The first-order chi connectivity index (χ1) is 13.6. The average Bonchev–Trinajstić information content (AvgIpc) is 2.95. The number of aryl methyl sites for hydroxylation is 4. The Bertz CT molecular complexity index is 1100. The SMILES string of the molecule is Cc1cc(C)c(OCc2c(OC(F)(F)F)cccc2-n2nnn(C)c2=O)cc1C. The van der Waals surface area contributed by atoms with Crippen LogP contribution in [0.15, 0.2) is 35.1 Å². The summed E-state index contributed by atoms with van der Waals surface area (Å²) in [6, 6.07) is 7.68. The molecule has 0 aliphatic carbocycles. The Morgan fingerprint density at radius 3 is 2.31 bits per heavy atom. The van der Waals surface area contributed by atoms with Crippen molar-refractivity contribution in [2.45, 2.75) is 33.7 Å². The smallest absolute Gasteiger partial charge is 0.488 e. The summed E-state index contributed by atoms with van der Waals surface area (Å²) in [6.45, 7) is 5.44. The van der Waals surface area contributed by atoms with E-state index in [0.29, 0.717) is 5.75 Å². The molecule has 154 valence electrons. The third-order valence-electron chi connectivity index (χ3n) is 4.45. The van der Waals surface area contributed by atoms with E-state index in [4.69, 9.17) is 4.74 Å². The molecule has 0 saturated carbocycles. The van der Waals surface area contributed by atoms with Gasteiger partial charge in [0, 0.05) is 7.05 Å². The summed E-state index contributed by atoms with van der Waals surface area (Å²) in [5.41, 5.74) is 2.38. The third-order valence-corrected chi connectivity index (χ3v) is 4.45. The summed E-state index contributed by atoms with van der Waals surface area (Å²) in [7, 11) is 1.39. The van der Waals surface area contributed by atoms with Crippen molar-refractivity contribution >= 4 is 0 Å². The van der Waals surface area contributed by atoms with Crippen LogP contribution in [-0.4, -0.2) is 26.2 Å². The van der Waals surface area contributed by atoms with Gasteiger partial charge >= 0.3 is 12.1 Å². The number of hydrogen-bond acceptors (Lipinski definition) is 5. The normalized spacial score (nSPS) is 11.6. The number of nitrogens with zero attached hydrogens (tertiary/aromatic N) is 4. The molecule has 0 atom stereocenters. The number of hydrogen-bond donors (Lipinski definition) is 0. The highest BCUT2D eigenvalue weighted by Gasteiger charge is 2.33. The van der Waals surface area contributed by atoms with Gasteiger partial charge in [-0.05, 0) is 66.1 Å². The number of benzene rings is 2. The fourth-order valence-electron chi connectivity index (χ4n) is 2.82. The van der Waals surface area contributed by atoms with Crippen LogP contribution in [0, 0.1) is 20.8 Å². The molecule has 0 aliphatic rings. The first kappa shape index (κ1) is 20.4. The maximum absolute atomic E-state index is 12.9. The van der Waals surface area contributed by atoms with Crippen molar-refractivity contribution in [1.82, 2.24) is 19.8 Å². The van der Waals surface area contributed by atoms with Gasteiger partial charge in [-0.15, -0.1) is 13.2 Å². The molecule has 7 nitrogen and oxygen atoms in total. The highest BCUT2D eigenvalue weighted by atomic mass is 19.4. The van der Waals surface area contributed by atoms with E-state index >= 15 is 0 Å². The molecule has 3 rings (SSSR count). The number of ether oxygens (including phenoxy) is 2. The average molecular weight is 408 g/mol. The zero-order valence-electron chi connectivity index (χ0n) is 16.2. The molecular weight excluding hydrogens is 389 g/mol. The van der Waals surface area contributed by atoms with Crippen molar-refractivity contribution in [1.29, 1.82) is 0 Å².